The Morgan fingerprint density at radius 1 is 0.913 bits per heavy atom. The van der Waals surface area contributed by atoms with Crippen LogP contribution >= 0.6 is 0 Å². The molecule has 4 rings (SSSR count). The highest BCUT2D eigenvalue weighted by atomic mass is 16.2. The minimum atomic E-state index is -0.731. The number of amides is 2. The lowest BCUT2D eigenvalue weighted by Gasteiger charge is -2.47. The molecule has 0 N–H and O–H groups in total. The maximum absolute atomic E-state index is 12.9. The van der Waals surface area contributed by atoms with Gasteiger partial charge in [0.05, 0.1) is 0 Å². The van der Waals surface area contributed by atoms with Crippen molar-refractivity contribution in [3.63, 3.8) is 0 Å². The van der Waals surface area contributed by atoms with Gasteiger partial charge in [0, 0.05) is 37.2 Å². The summed E-state index contributed by atoms with van der Waals surface area (Å²) in [7, 11) is 3.57. The third-order valence-electron chi connectivity index (χ3n) is 5.24. The van der Waals surface area contributed by atoms with E-state index in [4.69, 9.17) is 0 Å². The van der Waals surface area contributed by atoms with Gasteiger partial charge in [0.15, 0.2) is 0 Å². The second-order valence-corrected chi connectivity index (χ2v) is 6.43. The van der Waals surface area contributed by atoms with E-state index >= 15 is 0 Å². The molecule has 0 aromatic heterocycles. The van der Waals surface area contributed by atoms with Gasteiger partial charge in [0.1, 0.15) is 5.66 Å². The van der Waals surface area contributed by atoms with Crippen molar-refractivity contribution in [1.82, 2.24) is 9.80 Å². The lowest BCUT2D eigenvalue weighted by Crippen LogP contribution is -2.59. The molecule has 0 bridgehead atoms. The fourth-order valence-corrected chi connectivity index (χ4v) is 3.98. The van der Waals surface area contributed by atoms with Gasteiger partial charge in [0.25, 0.3) is 11.8 Å². The molecular formula is C19H18N2O2. The molecule has 0 saturated carbocycles. The minimum absolute atomic E-state index is 0.0312. The fourth-order valence-electron chi connectivity index (χ4n) is 3.98. The summed E-state index contributed by atoms with van der Waals surface area (Å²) >= 11 is 0. The maximum Gasteiger partial charge on any atom is 0.256 e. The second-order valence-electron chi connectivity index (χ2n) is 6.43. The Morgan fingerprint density at radius 3 is 2.30 bits per heavy atom. The van der Waals surface area contributed by atoms with Crippen LogP contribution in [0, 0.1) is 6.92 Å². The molecule has 2 heterocycles. The predicted octanol–water partition coefficient (Wildman–Crippen LogP) is 2.56. The first-order valence-corrected chi connectivity index (χ1v) is 7.72. The third-order valence-corrected chi connectivity index (χ3v) is 5.24. The van der Waals surface area contributed by atoms with E-state index in [0.717, 1.165) is 22.3 Å². The van der Waals surface area contributed by atoms with Gasteiger partial charge in [0.2, 0.25) is 0 Å². The van der Waals surface area contributed by atoms with Gasteiger partial charge in [-0.2, -0.15) is 0 Å². The van der Waals surface area contributed by atoms with Crippen molar-refractivity contribution < 1.29 is 9.59 Å². The molecule has 2 aliphatic heterocycles. The van der Waals surface area contributed by atoms with E-state index in [0.29, 0.717) is 12.0 Å². The monoisotopic (exact) mass is 306 g/mol. The zero-order valence-electron chi connectivity index (χ0n) is 13.5. The summed E-state index contributed by atoms with van der Waals surface area (Å²) in [6.07, 6.45) is 0.617. The summed E-state index contributed by atoms with van der Waals surface area (Å²) in [5.41, 5.74) is 3.72. The van der Waals surface area contributed by atoms with Crippen molar-refractivity contribution in [3.05, 3.63) is 70.3 Å². The van der Waals surface area contributed by atoms with Crippen LogP contribution in [0.15, 0.2) is 42.5 Å². The predicted molar refractivity (Wildman–Crippen MR) is 87.2 cm³/mol. The van der Waals surface area contributed by atoms with Crippen molar-refractivity contribution in [2.24, 2.45) is 0 Å². The first-order valence-electron chi connectivity index (χ1n) is 7.72. The van der Waals surface area contributed by atoms with Crippen molar-refractivity contribution in [1.29, 1.82) is 0 Å². The average Bonchev–Trinajstić information content (AvgIpc) is 2.76. The first-order chi connectivity index (χ1) is 11.0. The Bertz CT molecular complexity index is 858. The largest absolute Gasteiger partial charge is 0.314 e. The number of hydrogen-bond donors (Lipinski definition) is 0. The zero-order valence-corrected chi connectivity index (χ0v) is 13.5. The molecule has 2 aliphatic rings. The lowest BCUT2D eigenvalue weighted by molar-refractivity contribution is -0.00838. The number of rotatable bonds is 0. The zero-order chi connectivity index (χ0) is 16.4. The van der Waals surface area contributed by atoms with Gasteiger partial charge in [-0.05, 0) is 24.6 Å². The van der Waals surface area contributed by atoms with Crippen molar-refractivity contribution in [2.75, 3.05) is 14.1 Å². The number of fused-ring (bicyclic) bond motifs is 3. The lowest BCUT2D eigenvalue weighted by atomic mass is 9.83. The molecule has 4 heteroatoms. The van der Waals surface area contributed by atoms with E-state index < -0.39 is 5.66 Å². The number of hydrogen-bond acceptors (Lipinski definition) is 2. The molecule has 116 valence electrons. The molecule has 2 amide bonds. The smallest absolute Gasteiger partial charge is 0.256 e. The Balaban J connectivity index is 1.99. The Kier molecular flexibility index (Phi) is 2.71. The number of carbonyl (C=O) groups excluding carboxylic acids is 2. The Labute approximate surface area is 135 Å². The number of aryl methyl sites for hydroxylation is 1. The summed E-state index contributed by atoms with van der Waals surface area (Å²) in [5.74, 6) is -0.0704. The molecule has 4 nitrogen and oxygen atoms in total. The standard InChI is InChI=1S/C19H18N2O2/c1-12-8-9-14-13(10-12)11-19(20(2)17(14)22)16-7-5-4-6-15(16)18(23)21(19)3/h4-10H,11H2,1-3H3. The minimum Gasteiger partial charge on any atom is -0.314 e. The molecule has 23 heavy (non-hydrogen) atoms. The Morgan fingerprint density at radius 2 is 1.57 bits per heavy atom. The van der Waals surface area contributed by atoms with Gasteiger partial charge in [-0.1, -0.05) is 35.9 Å². The summed E-state index contributed by atoms with van der Waals surface area (Å²) in [6.45, 7) is 2.02. The molecule has 2 aromatic rings. The van der Waals surface area contributed by atoms with Gasteiger partial charge in [-0.25, -0.2) is 0 Å². The van der Waals surface area contributed by atoms with Crippen LogP contribution in [0.25, 0.3) is 0 Å². The summed E-state index contributed by atoms with van der Waals surface area (Å²) < 4.78 is 0. The second kappa shape index (κ2) is 4.44. The molecule has 1 spiro atoms. The van der Waals surface area contributed by atoms with Crippen LogP contribution < -0.4 is 0 Å². The number of benzene rings is 2. The summed E-state index contributed by atoms with van der Waals surface area (Å²) in [4.78, 5) is 29.1. The van der Waals surface area contributed by atoms with Crippen molar-refractivity contribution in [3.8, 4) is 0 Å². The van der Waals surface area contributed by atoms with E-state index in [1.807, 2.05) is 43.3 Å². The molecule has 2 aromatic carbocycles. The van der Waals surface area contributed by atoms with Crippen molar-refractivity contribution in [2.45, 2.75) is 19.0 Å². The summed E-state index contributed by atoms with van der Waals surface area (Å²) in [5, 5.41) is 0. The molecular weight excluding hydrogens is 288 g/mol. The van der Waals surface area contributed by atoms with Gasteiger partial charge in [-0.15, -0.1) is 0 Å². The van der Waals surface area contributed by atoms with E-state index in [1.165, 1.54) is 0 Å². The molecule has 0 saturated heterocycles. The van der Waals surface area contributed by atoms with Crippen LogP contribution in [0.4, 0.5) is 0 Å². The van der Waals surface area contributed by atoms with E-state index in [9.17, 15) is 9.59 Å². The highest BCUT2D eigenvalue weighted by molar-refractivity contribution is 6.03. The normalized spacial score (nSPS) is 22.6. The molecule has 0 fully saturated rings. The van der Waals surface area contributed by atoms with Crippen LogP contribution in [0.5, 0.6) is 0 Å². The van der Waals surface area contributed by atoms with Gasteiger partial charge < -0.3 is 9.80 Å². The van der Waals surface area contributed by atoms with Crippen LogP contribution in [0.2, 0.25) is 0 Å². The number of carbonyl (C=O) groups is 2. The molecule has 0 aliphatic carbocycles. The molecule has 1 unspecified atom stereocenters. The molecule has 1 atom stereocenters. The summed E-state index contributed by atoms with van der Waals surface area (Å²) in [6, 6.07) is 13.5. The van der Waals surface area contributed by atoms with Crippen molar-refractivity contribution >= 4 is 11.8 Å². The highest BCUT2D eigenvalue weighted by Gasteiger charge is 2.54. The van der Waals surface area contributed by atoms with E-state index in [-0.39, 0.29) is 11.8 Å². The van der Waals surface area contributed by atoms with Crippen LogP contribution in [-0.4, -0.2) is 35.7 Å². The van der Waals surface area contributed by atoms with E-state index in [1.54, 1.807) is 23.9 Å². The van der Waals surface area contributed by atoms with Crippen LogP contribution in [0.1, 0.15) is 37.4 Å². The molecule has 0 radical (unpaired) electrons. The van der Waals surface area contributed by atoms with Crippen LogP contribution in [-0.2, 0) is 12.1 Å². The fraction of sp³-hybridized carbons (Fsp3) is 0.263. The van der Waals surface area contributed by atoms with E-state index in [2.05, 4.69) is 6.07 Å². The SMILES string of the molecule is Cc1ccc2c(c1)CC1(c3ccccc3C(=O)N1C)N(C)C2=O. The highest BCUT2D eigenvalue weighted by Crippen LogP contribution is 2.46. The Hall–Kier alpha value is -2.62. The topological polar surface area (TPSA) is 40.6 Å². The third kappa shape index (κ3) is 1.61. The average molecular weight is 306 g/mol. The van der Waals surface area contributed by atoms with Crippen LogP contribution in [0.3, 0.4) is 0 Å². The number of likely N-dealkylation sites (N-methyl/N-ethyl adjacent to an activating group) is 2. The quantitative estimate of drug-likeness (QED) is 0.750. The van der Waals surface area contributed by atoms with Gasteiger partial charge >= 0.3 is 0 Å². The van der Waals surface area contributed by atoms with Gasteiger partial charge in [-0.3, -0.25) is 9.59 Å². The first kappa shape index (κ1) is 14.0. The number of nitrogens with zero attached hydrogens (tertiary/aromatic N) is 2. The maximum atomic E-state index is 12.9.